The first-order valence-corrected chi connectivity index (χ1v) is 4.60. The molecular formula is C11H22O2. The van der Waals surface area contributed by atoms with Gasteiger partial charge < -0.3 is 4.74 Å². The van der Waals surface area contributed by atoms with E-state index < -0.39 is 0 Å². The van der Waals surface area contributed by atoms with Gasteiger partial charge in [-0.05, 0) is 13.3 Å². The second kappa shape index (κ2) is 11.2. The van der Waals surface area contributed by atoms with Crippen LogP contribution in [-0.4, -0.2) is 12.6 Å². The van der Waals surface area contributed by atoms with Crippen molar-refractivity contribution >= 4 is 5.97 Å². The van der Waals surface area contributed by atoms with Crippen LogP contribution >= 0.6 is 0 Å². The molecule has 0 rings (SSSR count). The normalized spacial score (nSPS) is 9.69. The quantitative estimate of drug-likeness (QED) is 0.361. The first-order chi connectivity index (χ1) is 5.81. The van der Waals surface area contributed by atoms with Gasteiger partial charge in [-0.15, -0.1) is 0 Å². The van der Waals surface area contributed by atoms with E-state index >= 15 is 0 Å². The monoisotopic (exact) mass is 186 g/mol. The van der Waals surface area contributed by atoms with Gasteiger partial charge in [-0.2, -0.15) is 0 Å². The Kier molecular flexibility index (Phi) is 12.7. The average molecular weight is 186 g/mol. The van der Waals surface area contributed by atoms with Crippen LogP contribution in [0.5, 0.6) is 0 Å². The van der Waals surface area contributed by atoms with E-state index in [9.17, 15) is 4.79 Å². The van der Waals surface area contributed by atoms with Crippen LogP contribution in [0.3, 0.4) is 0 Å². The molecule has 0 saturated heterocycles. The van der Waals surface area contributed by atoms with Gasteiger partial charge in [-0.25, -0.2) is 4.79 Å². The Balaban J connectivity index is 0. The van der Waals surface area contributed by atoms with E-state index in [1.54, 1.807) is 13.0 Å². The minimum absolute atomic E-state index is 0. The zero-order chi connectivity index (χ0) is 9.23. The fraction of sp³-hybridized carbons (Fsp3) is 0.727. The third-order valence-corrected chi connectivity index (χ3v) is 1.54. The molecule has 0 aromatic carbocycles. The first kappa shape index (κ1) is 14.7. The van der Waals surface area contributed by atoms with Crippen molar-refractivity contribution < 1.29 is 9.53 Å². The van der Waals surface area contributed by atoms with E-state index in [0.29, 0.717) is 6.61 Å². The van der Waals surface area contributed by atoms with Gasteiger partial charge in [0.1, 0.15) is 0 Å². The van der Waals surface area contributed by atoms with E-state index in [0.717, 1.165) is 12.8 Å². The van der Waals surface area contributed by atoms with Crippen molar-refractivity contribution in [2.24, 2.45) is 0 Å². The molecule has 0 aliphatic carbocycles. The molecule has 0 aliphatic rings. The first-order valence-electron chi connectivity index (χ1n) is 4.60. The fourth-order valence-electron chi connectivity index (χ4n) is 0.886. The van der Waals surface area contributed by atoms with Crippen molar-refractivity contribution in [3.8, 4) is 0 Å². The van der Waals surface area contributed by atoms with Crippen LogP contribution in [0.15, 0.2) is 12.2 Å². The van der Waals surface area contributed by atoms with Crippen molar-refractivity contribution in [3.05, 3.63) is 12.2 Å². The number of carbonyl (C=O) groups is 1. The summed E-state index contributed by atoms with van der Waals surface area (Å²) in [5.41, 5.74) is 0. The van der Waals surface area contributed by atoms with Gasteiger partial charge in [0.2, 0.25) is 0 Å². The number of rotatable bonds is 6. The van der Waals surface area contributed by atoms with Crippen LogP contribution in [0.2, 0.25) is 0 Å². The van der Waals surface area contributed by atoms with Crippen molar-refractivity contribution in [1.82, 2.24) is 0 Å². The molecule has 0 N–H and O–H groups in total. The third kappa shape index (κ3) is 11.2. The van der Waals surface area contributed by atoms with E-state index in [1.807, 2.05) is 0 Å². The molecule has 0 aromatic heterocycles. The van der Waals surface area contributed by atoms with Gasteiger partial charge in [-0.3, -0.25) is 0 Å². The summed E-state index contributed by atoms with van der Waals surface area (Å²) in [6, 6.07) is 0. The molecular weight excluding hydrogens is 164 g/mol. The number of carbonyl (C=O) groups excluding carboxylic acids is 1. The van der Waals surface area contributed by atoms with Crippen LogP contribution in [0, 0.1) is 0 Å². The summed E-state index contributed by atoms with van der Waals surface area (Å²) >= 11 is 0. The summed E-state index contributed by atoms with van der Waals surface area (Å²) in [6.45, 7) is 4.52. The van der Waals surface area contributed by atoms with Gasteiger partial charge in [0, 0.05) is 6.08 Å². The minimum Gasteiger partial charge on any atom is -0.463 e. The molecule has 0 spiro atoms. The van der Waals surface area contributed by atoms with Crippen molar-refractivity contribution in [1.29, 1.82) is 0 Å². The van der Waals surface area contributed by atoms with Gasteiger partial charge >= 0.3 is 5.97 Å². The lowest BCUT2D eigenvalue weighted by Crippen LogP contribution is -2.01. The SMILES string of the molecule is C.CC=CC(=O)OCCCCCC. The van der Waals surface area contributed by atoms with Gasteiger partial charge in [0.05, 0.1) is 6.61 Å². The van der Waals surface area contributed by atoms with Crippen LogP contribution in [-0.2, 0) is 9.53 Å². The highest BCUT2D eigenvalue weighted by molar-refractivity contribution is 5.81. The number of ether oxygens (including phenoxy) is 1. The second-order valence-corrected chi connectivity index (χ2v) is 2.73. The second-order valence-electron chi connectivity index (χ2n) is 2.73. The number of esters is 1. The standard InChI is InChI=1S/C10H18O2.CH4/c1-3-5-6-7-9-12-10(11)8-4-2;/h4,8H,3,5-7,9H2,1-2H3;1H4. The van der Waals surface area contributed by atoms with E-state index in [1.165, 1.54) is 18.9 Å². The Morgan fingerprint density at radius 1 is 1.31 bits per heavy atom. The Labute approximate surface area is 82.0 Å². The molecule has 0 aromatic rings. The maximum absolute atomic E-state index is 10.8. The Hall–Kier alpha value is -0.790. The van der Waals surface area contributed by atoms with Crippen molar-refractivity contribution in [2.45, 2.75) is 47.0 Å². The molecule has 13 heavy (non-hydrogen) atoms. The lowest BCUT2D eigenvalue weighted by molar-refractivity contribution is -0.137. The summed E-state index contributed by atoms with van der Waals surface area (Å²) < 4.78 is 4.90. The molecule has 0 saturated carbocycles. The van der Waals surface area contributed by atoms with E-state index in [4.69, 9.17) is 4.74 Å². The Morgan fingerprint density at radius 3 is 2.54 bits per heavy atom. The fourth-order valence-corrected chi connectivity index (χ4v) is 0.886. The topological polar surface area (TPSA) is 26.3 Å². The summed E-state index contributed by atoms with van der Waals surface area (Å²) in [5.74, 6) is -0.228. The van der Waals surface area contributed by atoms with Crippen LogP contribution in [0.4, 0.5) is 0 Å². The molecule has 2 nitrogen and oxygen atoms in total. The maximum atomic E-state index is 10.8. The van der Waals surface area contributed by atoms with Crippen molar-refractivity contribution in [3.63, 3.8) is 0 Å². The van der Waals surface area contributed by atoms with E-state index in [-0.39, 0.29) is 13.4 Å². The number of hydrogen-bond acceptors (Lipinski definition) is 2. The number of allylic oxidation sites excluding steroid dienone is 1. The van der Waals surface area contributed by atoms with Gasteiger partial charge in [0.25, 0.3) is 0 Å². The largest absolute Gasteiger partial charge is 0.463 e. The molecule has 0 amide bonds. The highest BCUT2D eigenvalue weighted by Gasteiger charge is 1.94. The lowest BCUT2D eigenvalue weighted by Gasteiger charge is -2.00. The molecule has 78 valence electrons. The summed E-state index contributed by atoms with van der Waals surface area (Å²) in [5, 5.41) is 0. The molecule has 0 atom stereocenters. The summed E-state index contributed by atoms with van der Waals surface area (Å²) in [7, 11) is 0. The van der Waals surface area contributed by atoms with E-state index in [2.05, 4.69) is 6.92 Å². The highest BCUT2D eigenvalue weighted by atomic mass is 16.5. The van der Waals surface area contributed by atoms with Crippen LogP contribution < -0.4 is 0 Å². The average Bonchev–Trinajstić information content (AvgIpc) is 2.05. The predicted octanol–water partition coefficient (Wildman–Crippen LogP) is 3.32. The molecule has 0 unspecified atom stereocenters. The summed E-state index contributed by atoms with van der Waals surface area (Å²) in [4.78, 5) is 10.8. The zero-order valence-corrected chi connectivity index (χ0v) is 8.01. The van der Waals surface area contributed by atoms with Gasteiger partial charge in [-0.1, -0.05) is 39.7 Å². The molecule has 0 radical (unpaired) electrons. The molecule has 0 heterocycles. The maximum Gasteiger partial charge on any atom is 0.330 e. The van der Waals surface area contributed by atoms with Crippen LogP contribution in [0.25, 0.3) is 0 Å². The molecule has 0 bridgehead atoms. The molecule has 0 fully saturated rings. The van der Waals surface area contributed by atoms with Crippen LogP contribution in [0.1, 0.15) is 47.0 Å². The molecule has 0 aliphatic heterocycles. The third-order valence-electron chi connectivity index (χ3n) is 1.54. The highest BCUT2D eigenvalue weighted by Crippen LogP contribution is 1.98. The molecule has 2 heteroatoms. The van der Waals surface area contributed by atoms with Crippen molar-refractivity contribution in [2.75, 3.05) is 6.61 Å². The number of unbranched alkanes of at least 4 members (excludes halogenated alkanes) is 3. The van der Waals surface area contributed by atoms with Gasteiger partial charge in [0.15, 0.2) is 0 Å². The zero-order valence-electron chi connectivity index (χ0n) is 8.01. The Morgan fingerprint density at radius 2 is 2.00 bits per heavy atom. The predicted molar refractivity (Wildman–Crippen MR) is 56.6 cm³/mol. The Bertz CT molecular complexity index is 139. The number of hydrogen-bond donors (Lipinski definition) is 0. The smallest absolute Gasteiger partial charge is 0.330 e. The lowest BCUT2D eigenvalue weighted by atomic mass is 10.2. The summed E-state index contributed by atoms with van der Waals surface area (Å²) in [6.07, 6.45) is 7.70. The minimum atomic E-state index is -0.228.